The zero-order chi connectivity index (χ0) is 19.3. The van der Waals surface area contributed by atoms with E-state index in [1.807, 2.05) is 32.8 Å². The molecule has 0 radical (unpaired) electrons. The van der Waals surface area contributed by atoms with Gasteiger partial charge in [-0.3, -0.25) is 9.59 Å². The summed E-state index contributed by atoms with van der Waals surface area (Å²) in [7, 11) is 5.31. The van der Waals surface area contributed by atoms with E-state index in [0.29, 0.717) is 29.3 Å². The summed E-state index contributed by atoms with van der Waals surface area (Å²) in [4.78, 5) is 30.1. The van der Waals surface area contributed by atoms with Crippen LogP contribution in [0.5, 0.6) is 5.75 Å². The molecule has 0 spiro atoms. The van der Waals surface area contributed by atoms with Crippen molar-refractivity contribution >= 4 is 17.5 Å². The molecule has 8 heteroatoms. The zero-order valence-corrected chi connectivity index (χ0v) is 15.6. The molecule has 2 aromatic rings. The molecule has 0 bridgehead atoms. The molecule has 1 aromatic heterocycles. The standard InChI is InChI=1S/C18H24N4O4/c1-18(2,10-22(3)4)21-17(24)16(23)20-12-6-7-13(14(8-12)25-5)15-9-19-11-26-15/h6-9,11H,10H2,1-5H3,(H,20,23)(H,21,24). The van der Waals surface area contributed by atoms with Crippen molar-refractivity contribution in [2.45, 2.75) is 19.4 Å². The number of anilines is 1. The molecule has 2 N–H and O–H groups in total. The molecule has 0 atom stereocenters. The molecule has 140 valence electrons. The second-order valence-corrected chi connectivity index (χ2v) is 6.81. The van der Waals surface area contributed by atoms with E-state index in [-0.39, 0.29) is 0 Å². The smallest absolute Gasteiger partial charge is 0.313 e. The summed E-state index contributed by atoms with van der Waals surface area (Å²) in [5.74, 6) is -0.405. The van der Waals surface area contributed by atoms with Gasteiger partial charge in [0.15, 0.2) is 12.2 Å². The summed E-state index contributed by atoms with van der Waals surface area (Å²) in [6.07, 6.45) is 2.89. The second-order valence-electron chi connectivity index (χ2n) is 6.81. The predicted octanol–water partition coefficient (Wildman–Crippen LogP) is 1.75. The van der Waals surface area contributed by atoms with Crippen LogP contribution in [-0.4, -0.2) is 55.0 Å². The quantitative estimate of drug-likeness (QED) is 0.762. The van der Waals surface area contributed by atoms with Crippen LogP contribution in [0.1, 0.15) is 13.8 Å². The molecule has 26 heavy (non-hydrogen) atoms. The van der Waals surface area contributed by atoms with Crippen LogP contribution in [0.4, 0.5) is 5.69 Å². The first kappa shape index (κ1) is 19.5. The lowest BCUT2D eigenvalue weighted by molar-refractivity contribution is -0.137. The number of rotatable bonds is 6. The van der Waals surface area contributed by atoms with Crippen LogP contribution in [-0.2, 0) is 9.59 Å². The van der Waals surface area contributed by atoms with Gasteiger partial charge in [-0.2, -0.15) is 0 Å². The minimum absolute atomic E-state index is 0.440. The Morgan fingerprint density at radius 2 is 2.00 bits per heavy atom. The van der Waals surface area contributed by atoms with Gasteiger partial charge in [0.25, 0.3) is 0 Å². The largest absolute Gasteiger partial charge is 0.496 e. The Morgan fingerprint density at radius 1 is 1.27 bits per heavy atom. The molecule has 0 fully saturated rings. The summed E-state index contributed by atoms with van der Waals surface area (Å²) < 4.78 is 10.6. The van der Waals surface area contributed by atoms with Crippen molar-refractivity contribution in [3.63, 3.8) is 0 Å². The summed E-state index contributed by atoms with van der Waals surface area (Å²) in [5.41, 5.74) is 0.599. The van der Waals surface area contributed by atoms with Gasteiger partial charge >= 0.3 is 11.8 Å². The van der Waals surface area contributed by atoms with Crippen LogP contribution in [0.15, 0.2) is 35.2 Å². The fourth-order valence-electron chi connectivity index (χ4n) is 2.70. The molecule has 2 amide bonds. The lowest BCUT2D eigenvalue weighted by atomic mass is 10.1. The van der Waals surface area contributed by atoms with E-state index in [4.69, 9.17) is 9.15 Å². The van der Waals surface area contributed by atoms with Crippen molar-refractivity contribution in [2.75, 3.05) is 33.1 Å². The van der Waals surface area contributed by atoms with E-state index in [1.165, 1.54) is 13.5 Å². The number of likely N-dealkylation sites (N-methyl/N-ethyl adjacent to an activating group) is 1. The van der Waals surface area contributed by atoms with Crippen LogP contribution < -0.4 is 15.4 Å². The van der Waals surface area contributed by atoms with Crippen molar-refractivity contribution in [2.24, 2.45) is 0 Å². The predicted molar refractivity (Wildman–Crippen MR) is 97.9 cm³/mol. The van der Waals surface area contributed by atoms with E-state index in [1.54, 1.807) is 24.4 Å². The van der Waals surface area contributed by atoms with Crippen LogP contribution in [0.3, 0.4) is 0 Å². The number of methoxy groups -OCH3 is 1. The fourth-order valence-corrected chi connectivity index (χ4v) is 2.70. The number of hydrogen-bond acceptors (Lipinski definition) is 6. The Balaban J connectivity index is 2.08. The highest BCUT2D eigenvalue weighted by atomic mass is 16.5. The molecular formula is C18H24N4O4. The Bertz CT molecular complexity index is 770. The molecule has 8 nitrogen and oxygen atoms in total. The van der Waals surface area contributed by atoms with Crippen LogP contribution in [0.25, 0.3) is 11.3 Å². The van der Waals surface area contributed by atoms with Crippen molar-refractivity contribution < 1.29 is 18.7 Å². The second kappa shape index (κ2) is 8.01. The molecule has 0 saturated heterocycles. The maximum Gasteiger partial charge on any atom is 0.313 e. The summed E-state index contributed by atoms with van der Waals surface area (Å²) in [6.45, 7) is 4.31. The number of ether oxygens (including phenoxy) is 1. The van der Waals surface area contributed by atoms with Gasteiger partial charge in [0, 0.05) is 23.8 Å². The van der Waals surface area contributed by atoms with Crippen LogP contribution in [0, 0.1) is 0 Å². The SMILES string of the molecule is COc1cc(NC(=O)C(=O)NC(C)(C)CN(C)C)ccc1-c1cnco1. The Labute approximate surface area is 152 Å². The van der Waals surface area contributed by atoms with Gasteiger partial charge in [0.1, 0.15) is 5.75 Å². The lowest BCUT2D eigenvalue weighted by Crippen LogP contribution is -2.53. The average molecular weight is 360 g/mol. The number of nitrogens with zero attached hydrogens (tertiary/aromatic N) is 2. The molecule has 0 aliphatic carbocycles. The molecule has 1 heterocycles. The highest BCUT2D eigenvalue weighted by Gasteiger charge is 2.25. The third-order valence-corrected chi connectivity index (χ3v) is 3.53. The Morgan fingerprint density at radius 3 is 2.58 bits per heavy atom. The van der Waals surface area contributed by atoms with Crippen molar-refractivity contribution in [1.82, 2.24) is 15.2 Å². The number of oxazole rings is 1. The van der Waals surface area contributed by atoms with E-state index >= 15 is 0 Å². The Kier molecular flexibility index (Phi) is 5.99. The molecule has 0 aliphatic rings. The van der Waals surface area contributed by atoms with Gasteiger partial charge < -0.3 is 24.7 Å². The van der Waals surface area contributed by atoms with Gasteiger partial charge in [-0.25, -0.2) is 4.98 Å². The fraction of sp³-hybridized carbons (Fsp3) is 0.389. The van der Waals surface area contributed by atoms with Crippen molar-refractivity contribution in [3.8, 4) is 17.1 Å². The molecule has 0 aliphatic heterocycles. The van der Waals surface area contributed by atoms with E-state index in [0.717, 1.165) is 0 Å². The van der Waals surface area contributed by atoms with E-state index < -0.39 is 17.4 Å². The molecular weight excluding hydrogens is 336 g/mol. The number of carbonyl (C=O) groups is 2. The number of benzene rings is 1. The normalized spacial score (nSPS) is 11.3. The maximum absolute atomic E-state index is 12.2. The Hall–Kier alpha value is -2.87. The number of nitrogens with one attached hydrogen (secondary N) is 2. The highest BCUT2D eigenvalue weighted by Crippen LogP contribution is 2.32. The molecule has 0 unspecified atom stereocenters. The first-order valence-corrected chi connectivity index (χ1v) is 8.07. The highest BCUT2D eigenvalue weighted by molar-refractivity contribution is 6.39. The average Bonchev–Trinajstić information content (AvgIpc) is 3.07. The van der Waals surface area contributed by atoms with Gasteiger partial charge in [-0.15, -0.1) is 0 Å². The van der Waals surface area contributed by atoms with Gasteiger partial charge in [0.05, 0.1) is 18.9 Å². The van der Waals surface area contributed by atoms with Crippen molar-refractivity contribution in [3.05, 3.63) is 30.8 Å². The monoisotopic (exact) mass is 360 g/mol. The minimum atomic E-state index is -0.744. The number of carbonyl (C=O) groups excluding carboxylic acids is 2. The van der Waals surface area contributed by atoms with E-state index in [2.05, 4.69) is 15.6 Å². The molecule has 2 rings (SSSR count). The van der Waals surface area contributed by atoms with Crippen LogP contribution >= 0.6 is 0 Å². The van der Waals surface area contributed by atoms with Crippen LogP contribution in [0.2, 0.25) is 0 Å². The summed E-state index contributed by atoms with van der Waals surface area (Å²) in [5, 5.41) is 5.30. The number of amides is 2. The lowest BCUT2D eigenvalue weighted by Gasteiger charge is -2.29. The number of aromatic nitrogens is 1. The van der Waals surface area contributed by atoms with Crippen molar-refractivity contribution in [1.29, 1.82) is 0 Å². The molecule has 1 aromatic carbocycles. The maximum atomic E-state index is 12.2. The minimum Gasteiger partial charge on any atom is -0.496 e. The first-order valence-electron chi connectivity index (χ1n) is 8.07. The number of hydrogen-bond donors (Lipinski definition) is 2. The van der Waals surface area contributed by atoms with Gasteiger partial charge in [-0.05, 0) is 40.1 Å². The third kappa shape index (κ3) is 5.06. The first-order chi connectivity index (χ1) is 12.2. The molecule has 0 saturated carbocycles. The van der Waals surface area contributed by atoms with E-state index in [9.17, 15) is 9.59 Å². The zero-order valence-electron chi connectivity index (χ0n) is 15.6. The van der Waals surface area contributed by atoms with Gasteiger partial charge in [0.2, 0.25) is 0 Å². The summed E-state index contributed by atoms with van der Waals surface area (Å²) >= 11 is 0. The van der Waals surface area contributed by atoms with Gasteiger partial charge in [-0.1, -0.05) is 0 Å². The summed E-state index contributed by atoms with van der Waals surface area (Å²) in [6, 6.07) is 5.01. The third-order valence-electron chi connectivity index (χ3n) is 3.53. The topological polar surface area (TPSA) is 96.7 Å².